The number of benzene rings is 8. The van der Waals surface area contributed by atoms with Crippen LogP contribution < -0.4 is 4.90 Å². The lowest BCUT2D eigenvalue weighted by Crippen LogP contribution is -2.09. The smallest absolute Gasteiger partial charge is 0.143 e. The van der Waals surface area contributed by atoms with E-state index >= 15 is 0 Å². The highest BCUT2D eigenvalue weighted by Gasteiger charge is 2.19. The van der Waals surface area contributed by atoms with Crippen LogP contribution in [0.15, 0.2) is 199 Å². The molecular formula is C48H32N2O. The van der Waals surface area contributed by atoms with Gasteiger partial charge in [0, 0.05) is 49.9 Å². The largest absolute Gasteiger partial charge is 0.455 e. The van der Waals surface area contributed by atoms with Crippen LogP contribution in [0.1, 0.15) is 0 Å². The summed E-state index contributed by atoms with van der Waals surface area (Å²) in [5.74, 6) is 0. The number of furan rings is 1. The molecule has 240 valence electrons. The number of nitrogens with zero attached hydrogens (tertiary/aromatic N) is 2. The SMILES string of the molecule is c1ccc(-c2cccc(N(c3ccccc3)c3ccc(-c4cc(-n5c6ccccc6c6ccccc65)cc5c4oc4ccccc45)cc3)c2)cc1. The van der Waals surface area contributed by atoms with Crippen LogP contribution >= 0.6 is 0 Å². The number of hydrogen-bond acceptors (Lipinski definition) is 2. The summed E-state index contributed by atoms with van der Waals surface area (Å²) < 4.78 is 9.03. The van der Waals surface area contributed by atoms with E-state index in [2.05, 4.69) is 198 Å². The van der Waals surface area contributed by atoms with E-state index in [0.29, 0.717) is 0 Å². The summed E-state index contributed by atoms with van der Waals surface area (Å²) in [6.07, 6.45) is 0. The van der Waals surface area contributed by atoms with Crippen molar-refractivity contribution in [3.63, 3.8) is 0 Å². The van der Waals surface area contributed by atoms with Crippen LogP contribution in [0.4, 0.5) is 17.1 Å². The summed E-state index contributed by atoms with van der Waals surface area (Å²) in [7, 11) is 0. The first-order valence-corrected chi connectivity index (χ1v) is 17.4. The average molecular weight is 653 g/mol. The van der Waals surface area contributed by atoms with Crippen LogP contribution in [-0.4, -0.2) is 4.57 Å². The molecule has 0 spiro atoms. The van der Waals surface area contributed by atoms with Gasteiger partial charge in [0.15, 0.2) is 0 Å². The molecule has 10 rings (SSSR count). The maximum atomic E-state index is 6.64. The van der Waals surface area contributed by atoms with Gasteiger partial charge in [-0.1, -0.05) is 127 Å². The summed E-state index contributed by atoms with van der Waals surface area (Å²) >= 11 is 0. The number of para-hydroxylation sites is 4. The number of anilines is 3. The lowest BCUT2D eigenvalue weighted by Gasteiger charge is -2.26. The maximum absolute atomic E-state index is 6.64. The van der Waals surface area contributed by atoms with E-state index < -0.39 is 0 Å². The Morgan fingerprint density at radius 2 is 0.941 bits per heavy atom. The Hall–Kier alpha value is -6.84. The molecule has 3 nitrogen and oxygen atoms in total. The van der Waals surface area contributed by atoms with E-state index in [0.717, 1.165) is 55.8 Å². The maximum Gasteiger partial charge on any atom is 0.143 e. The second-order valence-corrected chi connectivity index (χ2v) is 13.0. The zero-order valence-corrected chi connectivity index (χ0v) is 27.8. The molecule has 0 aliphatic heterocycles. The van der Waals surface area contributed by atoms with Crippen molar-refractivity contribution in [1.29, 1.82) is 0 Å². The number of rotatable bonds is 6. The Labute approximate surface area is 295 Å². The van der Waals surface area contributed by atoms with E-state index in [-0.39, 0.29) is 0 Å². The summed E-state index contributed by atoms with van der Waals surface area (Å²) in [5.41, 5.74) is 13.1. The van der Waals surface area contributed by atoms with Crippen molar-refractivity contribution >= 4 is 60.8 Å². The molecule has 0 aliphatic rings. The van der Waals surface area contributed by atoms with E-state index in [1.54, 1.807) is 0 Å². The predicted octanol–water partition coefficient (Wildman–Crippen LogP) is 13.5. The highest BCUT2D eigenvalue weighted by Crippen LogP contribution is 2.42. The molecule has 51 heavy (non-hydrogen) atoms. The third kappa shape index (κ3) is 4.90. The molecule has 3 heteroatoms. The van der Waals surface area contributed by atoms with Crippen molar-refractivity contribution in [1.82, 2.24) is 4.57 Å². The van der Waals surface area contributed by atoms with Gasteiger partial charge in [-0.3, -0.25) is 0 Å². The Balaban J connectivity index is 1.15. The molecule has 0 saturated carbocycles. The van der Waals surface area contributed by atoms with E-state index in [1.807, 2.05) is 6.07 Å². The molecule has 0 bridgehead atoms. The van der Waals surface area contributed by atoms with Gasteiger partial charge >= 0.3 is 0 Å². The van der Waals surface area contributed by atoms with Gasteiger partial charge in [-0.2, -0.15) is 0 Å². The van der Waals surface area contributed by atoms with E-state index in [9.17, 15) is 0 Å². The Morgan fingerprint density at radius 1 is 0.373 bits per heavy atom. The number of fused-ring (bicyclic) bond motifs is 6. The van der Waals surface area contributed by atoms with Crippen molar-refractivity contribution in [3.8, 4) is 27.9 Å². The van der Waals surface area contributed by atoms with Gasteiger partial charge in [0.1, 0.15) is 11.2 Å². The molecule has 2 aromatic heterocycles. The fourth-order valence-corrected chi connectivity index (χ4v) is 7.63. The summed E-state index contributed by atoms with van der Waals surface area (Å²) in [5, 5.41) is 4.70. The highest BCUT2D eigenvalue weighted by molar-refractivity contribution is 6.13. The molecule has 10 aromatic rings. The summed E-state index contributed by atoms with van der Waals surface area (Å²) in [6.45, 7) is 0. The molecule has 0 radical (unpaired) electrons. The Bertz CT molecular complexity index is 2790. The third-order valence-electron chi connectivity index (χ3n) is 9.96. The molecule has 0 atom stereocenters. The molecule has 0 amide bonds. The second kappa shape index (κ2) is 11.9. The van der Waals surface area contributed by atoms with Crippen molar-refractivity contribution < 1.29 is 4.42 Å². The molecule has 0 unspecified atom stereocenters. The number of aromatic nitrogens is 1. The third-order valence-corrected chi connectivity index (χ3v) is 9.96. The second-order valence-electron chi connectivity index (χ2n) is 13.0. The summed E-state index contributed by atoms with van der Waals surface area (Å²) in [4.78, 5) is 2.32. The van der Waals surface area contributed by atoms with Crippen LogP contribution in [0.25, 0.3) is 71.7 Å². The van der Waals surface area contributed by atoms with Crippen LogP contribution in [0.2, 0.25) is 0 Å². The minimum atomic E-state index is 0.887. The average Bonchev–Trinajstić information content (AvgIpc) is 3.75. The standard InChI is InChI=1S/C48H32N2O/c1-3-14-33(15-4-1)35-16-13-19-38(30-35)49(36-17-5-2-6-18-36)37-28-26-34(27-29-37)43-31-39(32-44-42-22-9-12-25-47(42)51-48(43)44)50-45-23-10-7-20-40(45)41-21-8-11-24-46(41)50/h1-32H. The Kier molecular flexibility index (Phi) is 6.81. The van der Waals surface area contributed by atoms with Crippen LogP contribution in [-0.2, 0) is 0 Å². The quantitative estimate of drug-likeness (QED) is 0.178. The van der Waals surface area contributed by atoms with Crippen molar-refractivity contribution in [2.45, 2.75) is 0 Å². The topological polar surface area (TPSA) is 21.3 Å². The van der Waals surface area contributed by atoms with Crippen LogP contribution in [0.3, 0.4) is 0 Å². The minimum Gasteiger partial charge on any atom is -0.455 e. The first kappa shape index (κ1) is 29.1. The highest BCUT2D eigenvalue weighted by atomic mass is 16.3. The van der Waals surface area contributed by atoms with Gasteiger partial charge in [0.25, 0.3) is 0 Å². The van der Waals surface area contributed by atoms with Gasteiger partial charge in [-0.25, -0.2) is 0 Å². The zero-order chi connectivity index (χ0) is 33.7. The number of hydrogen-bond donors (Lipinski definition) is 0. The molecule has 0 N–H and O–H groups in total. The predicted molar refractivity (Wildman–Crippen MR) is 214 cm³/mol. The van der Waals surface area contributed by atoms with E-state index in [4.69, 9.17) is 4.42 Å². The van der Waals surface area contributed by atoms with Gasteiger partial charge < -0.3 is 13.9 Å². The Morgan fingerprint density at radius 3 is 1.67 bits per heavy atom. The lowest BCUT2D eigenvalue weighted by atomic mass is 10.00. The first-order valence-electron chi connectivity index (χ1n) is 17.4. The van der Waals surface area contributed by atoms with Gasteiger partial charge in [-0.05, 0) is 83.4 Å². The normalized spacial score (nSPS) is 11.5. The fourth-order valence-electron chi connectivity index (χ4n) is 7.63. The summed E-state index contributed by atoms with van der Waals surface area (Å²) in [6, 6.07) is 69.1. The van der Waals surface area contributed by atoms with Gasteiger partial charge in [0.2, 0.25) is 0 Å². The molecule has 0 saturated heterocycles. The van der Waals surface area contributed by atoms with Crippen molar-refractivity contribution in [3.05, 3.63) is 194 Å². The van der Waals surface area contributed by atoms with Crippen molar-refractivity contribution in [2.24, 2.45) is 0 Å². The lowest BCUT2D eigenvalue weighted by molar-refractivity contribution is 0.670. The van der Waals surface area contributed by atoms with E-state index in [1.165, 1.54) is 32.9 Å². The zero-order valence-electron chi connectivity index (χ0n) is 27.8. The van der Waals surface area contributed by atoms with Crippen LogP contribution in [0.5, 0.6) is 0 Å². The minimum absolute atomic E-state index is 0.887. The van der Waals surface area contributed by atoms with Crippen LogP contribution in [0, 0.1) is 0 Å². The van der Waals surface area contributed by atoms with Gasteiger partial charge in [-0.15, -0.1) is 0 Å². The van der Waals surface area contributed by atoms with Crippen molar-refractivity contribution in [2.75, 3.05) is 4.90 Å². The molecule has 0 fully saturated rings. The molecule has 8 aromatic carbocycles. The molecule has 0 aliphatic carbocycles. The monoisotopic (exact) mass is 652 g/mol. The first-order chi connectivity index (χ1) is 25.3. The molecular weight excluding hydrogens is 621 g/mol. The molecule has 2 heterocycles. The fraction of sp³-hybridized carbons (Fsp3) is 0. The van der Waals surface area contributed by atoms with Gasteiger partial charge in [0.05, 0.1) is 11.0 Å².